The lowest BCUT2D eigenvalue weighted by Crippen LogP contribution is -2.26. The van der Waals surface area contributed by atoms with Gasteiger partial charge in [0.15, 0.2) is 5.78 Å². The van der Waals surface area contributed by atoms with Crippen LogP contribution in [-0.4, -0.2) is 57.7 Å². The molecule has 0 rings (SSSR count). The van der Waals surface area contributed by atoms with Crippen molar-refractivity contribution in [3.05, 3.63) is 10.6 Å². The second kappa shape index (κ2) is 14.8. The second-order valence-corrected chi connectivity index (χ2v) is 8.03. The number of hydrogen-bond donors (Lipinski definition) is 1. The van der Waals surface area contributed by atoms with Crippen molar-refractivity contribution >= 4 is 33.6 Å². The summed E-state index contributed by atoms with van der Waals surface area (Å²) in [6, 6.07) is 0. The van der Waals surface area contributed by atoms with E-state index in [-0.39, 0.29) is 35.1 Å². The molecule has 0 unspecified atom stereocenters. The van der Waals surface area contributed by atoms with E-state index in [1.165, 1.54) is 13.2 Å². The molecule has 8 heteroatoms. The zero-order valence-corrected chi connectivity index (χ0v) is 18.4. The molecule has 0 radical (unpaired) electrons. The molecule has 0 aromatic rings. The molecule has 0 aliphatic carbocycles. The van der Waals surface area contributed by atoms with Crippen molar-refractivity contribution in [2.45, 2.75) is 46.5 Å². The summed E-state index contributed by atoms with van der Waals surface area (Å²) in [6.07, 6.45) is 3.17. The van der Waals surface area contributed by atoms with E-state index in [0.717, 1.165) is 6.42 Å². The molecule has 1 N–H and O–H groups in total. The van der Waals surface area contributed by atoms with E-state index in [0.29, 0.717) is 32.8 Å². The van der Waals surface area contributed by atoms with Crippen LogP contribution in [0.1, 0.15) is 46.5 Å². The van der Waals surface area contributed by atoms with Gasteiger partial charge in [0.05, 0.1) is 31.2 Å². The van der Waals surface area contributed by atoms with E-state index >= 15 is 0 Å². The van der Waals surface area contributed by atoms with Crippen LogP contribution in [-0.2, 0) is 28.6 Å². The molecule has 0 aromatic heterocycles. The van der Waals surface area contributed by atoms with Gasteiger partial charge in [-0.05, 0) is 34.2 Å². The van der Waals surface area contributed by atoms with Gasteiger partial charge >= 0.3 is 5.97 Å². The number of rotatable bonds is 14. The van der Waals surface area contributed by atoms with Crippen molar-refractivity contribution in [1.82, 2.24) is 5.32 Å². The number of nitrogens with one attached hydrogen (secondary N) is 1. The summed E-state index contributed by atoms with van der Waals surface area (Å²) in [6.45, 7) is 8.88. The molecule has 0 aliphatic rings. The minimum atomic E-state index is -0.448. The van der Waals surface area contributed by atoms with E-state index in [4.69, 9.17) is 9.47 Å². The molecule has 156 valence electrons. The maximum atomic E-state index is 11.8. The highest BCUT2D eigenvalue weighted by atomic mass is 79.9. The normalized spacial score (nSPS) is 12.0. The summed E-state index contributed by atoms with van der Waals surface area (Å²) in [5.41, 5.74) is 0.265. The number of hydrogen-bond acceptors (Lipinski definition) is 6. The Morgan fingerprint density at radius 2 is 1.63 bits per heavy atom. The van der Waals surface area contributed by atoms with Gasteiger partial charge < -0.3 is 19.5 Å². The molecule has 1 amide bonds. The largest absolute Gasteiger partial charge is 0.469 e. The zero-order chi connectivity index (χ0) is 20.7. The highest BCUT2D eigenvalue weighted by Gasteiger charge is 2.10. The number of allylic oxidation sites excluding steroid dienone is 1. The lowest BCUT2D eigenvalue weighted by molar-refractivity contribution is -0.140. The monoisotopic (exact) mass is 449 g/mol. The van der Waals surface area contributed by atoms with Crippen molar-refractivity contribution in [2.75, 3.05) is 40.1 Å². The smallest absolute Gasteiger partial charge is 0.307 e. The van der Waals surface area contributed by atoms with Gasteiger partial charge in [-0.25, -0.2) is 0 Å². The Labute approximate surface area is 170 Å². The Hall–Kier alpha value is -1.25. The Kier molecular flexibility index (Phi) is 14.1. The number of carbonyl (C=O) groups is 3. The average Bonchev–Trinajstić information content (AvgIpc) is 2.58. The topological polar surface area (TPSA) is 90.9 Å². The number of ketones is 1. The number of amides is 1. The quantitative estimate of drug-likeness (QED) is 0.249. The van der Waals surface area contributed by atoms with Crippen LogP contribution in [0.3, 0.4) is 0 Å². The maximum absolute atomic E-state index is 11.8. The molecule has 0 aliphatic heterocycles. The van der Waals surface area contributed by atoms with Gasteiger partial charge in [0.1, 0.15) is 0 Å². The van der Waals surface area contributed by atoms with Gasteiger partial charge in [-0.3, -0.25) is 14.4 Å². The highest BCUT2D eigenvalue weighted by molar-refractivity contribution is 9.12. The van der Waals surface area contributed by atoms with Gasteiger partial charge in [-0.1, -0.05) is 20.8 Å². The van der Waals surface area contributed by atoms with E-state index in [1.807, 2.05) is 0 Å². The second-order valence-electron chi connectivity index (χ2n) is 7.18. The SMILES string of the molecule is COC(=O)CCNC(=O)/C(Br)=C\C(=O)CCCOCCOCCC(C)(C)C. The summed E-state index contributed by atoms with van der Waals surface area (Å²) < 4.78 is 15.5. The van der Waals surface area contributed by atoms with Crippen LogP contribution in [0.4, 0.5) is 0 Å². The van der Waals surface area contributed by atoms with Crippen LogP contribution in [0.5, 0.6) is 0 Å². The minimum absolute atomic E-state index is 0.0771. The number of methoxy groups -OCH3 is 1. The fourth-order valence-electron chi connectivity index (χ4n) is 1.79. The molecule has 27 heavy (non-hydrogen) atoms. The van der Waals surface area contributed by atoms with Crippen LogP contribution in [0.25, 0.3) is 0 Å². The summed E-state index contributed by atoms with van der Waals surface area (Å²) in [5.74, 6) is -1.03. The third kappa shape index (κ3) is 16.6. The molecule has 0 heterocycles. The van der Waals surface area contributed by atoms with Crippen molar-refractivity contribution in [2.24, 2.45) is 5.41 Å². The van der Waals surface area contributed by atoms with Crippen molar-refractivity contribution in [3.8, 4) is 0 Å². The first kappa shape index (κ1) is 25.8. The number of carbonyl (C=O) groups excluding carboxylic acids is 3. The fraction of sp³-hybridized carbons (Fsp3) is 0.737. The lowest BCUT2D eigenvalue weighted by atomic mass is 9.93. The summed E-state index contributed by atoms with van der Waals surface area (Å²) in [5, 5.41) is 2.52. The Morgan fingerprint density at radius 1 is 1.00 bits per heavy atom. The predicted molar refractivity (Wildman–Crippen MR) is 107 cm³/mol. The van der Waals surface area contributed by atoms with E-state index < -0.39 is 11.9 Å². The summed E-state index contributed by atoms with van der Waals surface area (Å²) >= 11 is 3.06. The first-order valence-corrected chi connectivity index (χ1v) is 9.85. The Morgan fingerprint density at radius 3 is 2.22 bits per heavy atom. The van der Waals surface area contributed by atoms with Crippen molar-refractivity contribution < 1.29 is 28.6 Å². The van der Waals surface area contributed by atoms with Gasteiger partial charge in [0.25, 0.3) is 5.91 Å². The molecule has 0 saturated carbocycles. The molecule has 0 fully saturated rings. The number of esters is 1. The molecular formula is C19H32BrNO6. The van der Waals surface area contributed by atoms with Crippen molar-refractivity contribution in [3.63, 3.8) is 0 Å². The van der Waals surface area contributed by atoms with Crippen LogP contribution < -0.4 is 5.32 Å². The first-order valence-electron chi connectivity index (χ1n) is 9.06. The predicted octanol–water partition coefficient (Wildman–Crippen LogP) is 2.76. The molecule has 0 saturated heterocycles. The highest BCUT2D eigenvalue weighted by Crippen LogP contribution is 2.17. The van der Waals surface area contributed by atoms with Gasteiger partial charge in [0, 0.05) is 32.3 Å². The molecule has 7 nitrogen and oxygen atoms in total. The Balaban J connectivity index is 3.75. The third-order valence-electron chi connectivity index (χ3n) is 3.43. The van der Waals surface area contributed by atoms with Crippen LogP contribution in [0, 0.1) is 5.41 Å². The standard InChI is InChI=1S/C19H32BrNO6/c1-19(2,3)8-11-27-13-12-26-10-5-6-15(22)14-16(20)18(24)21-9-7-17(23)25-4/h14H,5-13H2,1-4H3,(H,21,24)/b16-14+. The van der Waals surface area contributed by atoms with E-state index in [2.05, 4.69) is 46.8 Å². The lowest BCUT2D eigenvalue weighted by Gasteiger charge is -2.17. The van der Waals surface area contributed by atoms with Gasteiger partial charge in [0.2, 0.25) is 0 Å². The number of halogens is 1. The van der Waals surface area contributed by atoms with Crippen molar-refractivity contribution in [1.29, 1.82) is 0 Å². The first-order chi connectivity index (χ1) is 12.7. The summed E-state index contributed by atoms with van der Waals surface area (Å²) in [7, 11) is 1.28. The Bertz CT molecular complexity index is 499. The van der Waals surface area contributed by atoms with Gasteiger partial charge in [-0.15, -0.1) is 0 Å². The van der Waals surface area contributed by atoms with Crippen LogP contribution in [0.15, 0.2) is 10.6 Å². The molecule has 0 aromatic carbocycles. The molecular weight excluding hydrogens is 418 g/mol. The number of ether oxygens (including phenoxy) is 3. The maximum Gasteiger partial charge on any atom is 0.307 e. The van der Waals surface area contributed by atoms with E-state index in [1.54, 1.807) is 0 Å². The zero-order valence-electron chi connectivity index (χ0n) is 16.8. The molecule has 0 bridgehead atoms. The average molecular weight is 450 g/mol. The molecule has 0 atom stereocenters. The third-order valence-corrected chi connectivity index (χ3v) is 4.02. The molecule has 0 spiro atoms. The van der Waals surface area contributed by atoms with E-state index in [9.17, 15) is 14.4 Å². The van der Waals surface area contributed by atoms with Crippen LogP contribution >= 0.6 is 15.9 Å². The minimum Gasteiger partial charge on any atom is -0.469 e. The fourth-order valence-corrected chi connectivity index (χ4v) is 2.19. The van der Waals surface area contributed by atoms with Gasteiger partial charge in [-0.2, -0.15) is 0 Å². The van der Waals surface area contributed by atoms with Crippen LogP contribution in [0.2, 0.25) is 0 Å². The summed E-state index contributed by atoms with van der Waals surface area (Å²) in [4.78, 5) is 34.5.